The summed E-state index contributed by atoms with van der Waals surface area (Å²) < 4.78 is 18.2. The summed E-state index contributed by atoms with van der Waals surface area (Å²) in [5.41, 5.74) is 0. The molecule has 0 amide bonds. The van der Waals surface area contributed by atoms with Gasteiger partial charge < -0.3 is 9.22 Å². The summed E-state index contributed by atoms with van der Waals surface area (Å²) in [5, 5.41) is 0. The minimum Gasteiger partial charge on any atom is -0.370 e. The number of halogens is 1. The maximum Gasteiger partial charge on any atom is 0.134 e. The first-order valence-corrected chi connectivity index (χ1v) is 3.97. The molecular formula is C8H19FNO+. The third kappa shape index (κ3) is 6.26. The quantitative estimate of drug-likeness (QED) is 0.551. The predicted octanol–water partition coefficient (Wildman–Crippen LogP) is 1.07. The van der Waals surface area contributed by atoms with E-state index in [2.05, 4.69) is 0 Å². The summed E-state index contributed by atoms with van der Waals surface area (Å²) in [6, 6.07) is 0. The van der Waals surface area contributed by atoms with Gasteiger partial charge in [-0.1, -0.05) is 0 Å². The van der Waals surface area contributed by atoms with Crippen LogP contribution in [0.2, 0.25) is 0 Å². The fourth-order valence-corrected chi connectivity index (χ4v) is 0.993. The molecule has 0 saturated heterocycles. The Morgan fingerprint density at radius 3 is 2.18 bits per heavy atom. The molecule has 0 aliphatic carbocycles. The highest BCUT2D eigenvalue weighted by Gasteiger charge is 2.17. The van der Waals surface area contributed by atoms with Crippen molar-refractivity contribution in [1.82, 2.24) is 0 Å². The van der Waals surface area contributed by atoms with Crippen molar-refractivity contribution in [3.63, 3.8) is 0 Å². The molecule has 0 aliphatic heterocycles. The summed E-state index contributed by atoms with van der Waals surface area (Å²) in [7, 11) is 6.09. The van der Waals surface area contributed by atoms with E-state index in [4.69, 9.17) is 4.74 Å². The van der Waals surface area contributed by atoms with Crippen molar-refractivity contribution < 1.29 is 13.6 Å². The van der Waals surface area contributed by atoms with Crippen LogP contribution in [0.4, 0.5) is 4.39 Å². The Morgan fingerprint density at radius 2 is 1.91 bits per heavy atom. The lowest BCUT2D eigenvalue weighted by molar-refractivity contribution is -0.873. The molecule has 3 heteroatoms. The van der Waals surface area contributed by atoms with Gasteiger partial charge in [-0.25, -0.2) is 4.39 Å². The maximum atomic E-state index is 12.2. The number of alkyl halides is 1. The Morgan fingerprint density at radius 1 is 1.36 bits per heavy atom. The largest absolute Gasteiger partial charge is 0.370 e. The summed E-state index contributed by atoms with van der Waals surface area (Å²) in [5.74, 6) is 0. The van der Waals surface area contributed by atoms with Gasteiger partial charge >= 0.3 is 0 Å². The minimum atomic E-state index is -0.386. The molecule has 68 valence electrons. The van der Waals surface area contributed by atoms with Crippen molar-refractivity contribution in [3.05, 3.63) is 0 Å². The van der Waals surface area contributed by atoms with Gasteiger partial charge in [0.25, 0.3) is 0 Å². The highest BCUT2D eigenvalue weighted by molar-refractivity contribution is 4.52. The first-order chi connectivity index (χ1) is 4.99. The van der Waals surface area contributed by atoms with Crippen molar-refractivity contribution >= 4 is 0 Å². The van der Waals surface area contributed by atoms with E-state index in [0.717, 1.165) is 11.0 Å². The molecule has 1 unspecified atom stereocenters. The normalized spacial score (nSPS) is 15.0. The van der Waals surface area contributed by atoms with Crippen molar-refractivity contribution in [2.24, 2.45) is 0 Å². The number of hydrogen-bond donors (Lipinski definition) is 0. The van der Waals surface area contributed by atoms with E-state index in [9.17, 15) is 4.39 Å². The first kappa shape index (κ1) is 10.8. The zero-order chi connectivity index (χ0) is 8.91. The number of nitrogens with zero attached hydrogens (tertiary/aromatic N) is 1. The number of hydrogen-bond acceptors (Lipinski definition) is 1. The molecule has 0 radical (unpaired) electrons. The Bertz CT molecular complexity index is 101. The summed E-state index contributed by atoms with van der Waals surface area (Å²) in [4.78, 5) is 0. The zero-order valence-corrected chi connectivity index (χ0v) is 7.93. The molecular weight excluding hydrogens is 144 g/mol. The van der Waals surface area contributed by atoms with Crippen molar-refractivity contribution in [1.29, 1.82) is 0 Å². The first-order valence-electron chi connectivity index (χ1n) is 3.97. The second kappa shape index (κ2) is 4.67. The highest BCUT2D eigenvalue weighted by Crippen LogP contribution is 2.00. The molecule has 1 atom stereocenters. The molecule has 2 nitrogen and oxygen atoms in total. The van der Waals surface area contributed by atoms with Crippen LogP contribution in [0.15, 0.2) is 0 Å². The third-order valence-electron chi connectivity index (χ3n) is 1.33. The lowest BCUT2D eigenvalue weighted by Gasteiger charge is -2.27. The van der Waals surface area contributed by atoms with Crippen LogP contribution in [-0.2, 0) is 4.74 Å². The van der Waals surface area contributed by atoms with E-state index in [1.54, 1.807) is 0 Å². The van der Waals surface area contributed by atoms with Crippen LogP contribution < -0.4 is 0 Å². The van der Waals surface area contributed by atoms with Crippen molar-refractivity contribution in [2.75, 3.05) is 41.0 Å². The van der Waals surface area contributed by atoms with E-state index < -0.39 is 0 Å². The average Bonchev–Trinajstić information content (AvgIpc) is 1.84. The molecule has 0 heterocycles. The smallest absolute Gasteiger partial charge is 0.134 e. The van der Waals surface area contributed by atoms with Gasteiger partial charge in [0, 0.05) is 6.61 Å². The lowest BCUT2D eigenvalue weighted by atomic mass is 10.3. The molecule has 11 heavy (non-hydrogen) atoms. The van der Waals surface area contributed by atoms with Crippen molar-refractivity contribution in [2.45, 2.75) is 13.0 Å². The molecule has 0 saturated carbocycles. The van der Waals surface area contributed by atoms with Crippen LogP contribution in [0.5, 0.6) is 0 Å². The predicted molar refractivity (Wildman–Crippen MR) is 44.3 cm³/mol. The van der Waals surface area contributed by atoms with Crippen LogP contribution in [0.1, 0.15) is 6.92 Å². The maximum absolute atomic E-state index is 12.2. The second-order valence-electron chi connectivity index (χ2n) is 3.70. The molecule has 0 aliphatic rings. The van der Waals surface area contributed by atoms with E-state index in [1.165, 1.54) is 0 Å². The van der Waals surface area contributed by atoms with E-state index in [-0.39, 0.29) is 12.8 Å². The van der Waals surface area contributed by atoms with Gasteiger partial charge in [-0.2, -0.15) is 0 Å². The van der Waals surface area contributed by atoms with Gasteiger partial charge in [0.15, 0.2) is 0 Å². The Balaban J connectivity index is 3.68. The van der Waals surface area contributed by atoms with Crippen LogP contribution in [0.25, 0.3) is 0 Å². The van der Waals surface area contributed by atoms with E-state index in [0.29, 0.717) is 6.61 Å². The fraction of sp³-hybridized carbons (Fsp3) is 1.00. The van der Waals surface area contributed by atoms with Gasteiger partial charge in [0.05, 0.1) is 21.1 Å². The molecule has 0 N–H and O–H groups in total. The Labute approximate surface area is 68.5 Å². The van der Waals surface area contributed by atoms with Crippen LogP contribution in [0, 0.1) is 0 Å². The number of rotatable bonds is 5. The van der Waals surface area contributed by atoms with Crippen LogP contribution >= 0.6 is 0 Å². The van der Waals surface area contributed by atoms with Crippen LogP contribution in [0.3, 0.4) is 0 Å². The Kier molecular flexibility index (Phi) is 4.61. The molecule has 0 rings (SSSR count). The molecule has 0 aromatic heterocycles. The molecule has 0 bridgehead atoms. The zero-order valence-electron chi connectivity index (χ0n) is 7.93. The standard InChI is InChI=1S/C8H19FNO/c1-5-11-8(6-9)7-10(2,3)4/h8H,5-7H2,1-4H3/q+1/i9-1. The van der Waals surface area contributed by atoms with Gasteiger partial charge in [-0.05, 0) is 6.92 Å². The highest BCUT2D eigenvalue weighted by atomic mass is 18.2. The number of ether oxygens (including phenoxy) is 1. The fourth-order valence-electron chi connectivity index (χ4n) is 0.993. The molecule has 0 spiro atoms. The summed E-state index contributed by atoms with van der Waals surface area (Å²) >= 11 is 0. The van der Waals surface area contributed by atoms with Gasteiger partial charge in [0.1, 0.15) is 19.3 Å². The molecule has 0 aromatic carbocycles. The third-order valence-corrected chi connectivity index (χ3v) is 1.33. The molecule has 0 fully saturated rings. The van der Waals surface area contributed by atoms with E-state index in [1.807, 2.05) is 28.1 Å². The number of likely N-dealkylation sites (N-methyl/N-ethyl adjacent to an activating group) is 1. The minimum absolute atomic E-state index is 0.236. The second-order valence-corrected chi connectivity index (χ2v) is 3.70. The van der Waals surface area contributed by atoms with Gasteiger partial charge in [-0.15, -0.1) is 0 Å². The molecule has 0 aromatic rings. The number of quaternary nitrogens is 1. The SMILES string of the molecule is CCOC(C[18F])C[N+](C)(C)C. The van der Waals surface area contributed by atoms with Gasteiger partial charge in [-0.3, -0.25) is 0 Å². The summed E-state index contributed by atoms with van der Waals surface area (Å²) in [6.45, 7) is 2.82. The van der Waals surface area contributed by atoms with E-state index >= 15 is 0 Å². The van der Waals surface area contributed by atoms with Crippen molar-refractivity contribution in [3.8, 4) is 0 Å². The monoisotopic (exact) mass is 163 g/mol. The Hall–Kier alpha value is -0.150. The average molecular weight is 163 g/mol. The lowest BCUT2D eigenvalue weighted by Crippen LogP contribution is -2.43. The van der Waals surface area contributed by atoms with Crippen LogP contribution in [-0.4, -0.2) is 51.6 Å². The summed E-state index contributed by atoms with van der Waals surface area (Å²) in [6.07, 6.45) is -0.236. The topological polar surface area (TPSA) is 9.23 Å². The van der Waals surface area contributed by atoms with Gasteiger partial charge in [0.2, 0.25) is 0 Å².